The predicted molar refractivity (Wildman–Crippen MR) is 110 cm³/mol. The standard InChI is InChI=1S/C23H24FN3O2/c1-15-5-2-3-7-20(15)26-22(28)19-13-17-6-4-12-25-21(17)27(23(19)29)14-16-8-10-18(24)11-9-16/h4,6,8-13,15,20H,2-3,5,7,14H2,1H3,(H,26,28)/t15-,20+/m0/s1. The molecular formula is C23H24FN3O2. The van der Waals surface area contributed by atoms with E-state index in [0.29, 0.717) is 11.6 Å². The van der Waals surface area contributed by atoms with Crippen LogP contribution in [-0.2, 0) is 6.54 Å². The maximum Gasteiger partial charge on any atom is 0.265 e. The first-order valence-electron chi connectivity index (χ1n) is 10.1. The van der Waals surface area contributed by atoms with Crippen LogP contribution in [0.2, 0.25) is 0 Å². The van der Waals surface area contributed by atoms with Gasteiger partial charge >= 0.3 is 0 Å². The molecule has 0 unspecified atom stereocenters. The summed E-state index contributed by atoms with van der Waals surface area (Å²) in [6, 6.07) is 11.3. The van der Waals surface area contributed by atoms with Crippen molar-refractivity contribution < 1.29 is 9.18 Å². The molecule has 2 atom stereocenters. The Morgan fingerprint density at radius 2 is 1.97 bits per heavy atom. The van der Waals surface area contributed by atoms with E-state index in [1.54, 1.807) is 30.5 Å². The molecule has 1 amide bonds. The minimum absolute atomic E-state index is 0.0887. The number of benzene rings is 1. The van der Waals surface area contributed by atoms with Crippen LogP contribution in [0.15, 0.2) is 53.5 Å². The summed E-state index contributed by atoms with van der Waals surface area (Å²) >= 11 is 0. The molecule has 2 aromatic heterocycles. The zero-order valence-electron chi connectivity index (χ0n) is 16.4. The molecule has 6 heteroatoms. The molecule has 3 aromatic rings. The van der Waals surface area contributed by atoms with E-state index in [4.69, 9.17) is 0 Å². The van der Waals surface area contributed by atoms with Gasteiger partial charge in [0.2, 0.25) is 0 Å². The molecule has 0 spiro atoms. The molecule has 1 N–H and O–H groups in total. The van der Waals surface area contributed by atoms with Gasteiger partial charge < -0.3 is 5.32 Å². The third-order valence-corrected chi connectivity index (χ3v) is 5.77. The van der Waals surface area contributed by atoms with E-state index in [9.17, 15) is 14.0 Å². The van der Waals surface area contributed by atoms with Gasteiger partial charge in [-0.1, -0.05) is 31.9 Å². The molecular weight excluding hydrogens is 369 g/mol. The Hall–Kier alpha value is -3.02. The van der Waals surface area contributed by atoms with Gasteiger partial charge in [-0.25, -0.2) is 9.37 Å². The molecule has 4 rings (SSSR count). The first kappa shape index (κ1) is 19.3. The van der Waals surface area contributed by atoms with E-state index in [2.05, 4.69) is 17.2 Å². The highest BCUT2D eigenvalue weighted by Gasteiger charge is 2.25. The predicted octanol–water partition coefficient (Wildman–Crippen LogP) is 3.89. The van der Waals surface area contributed by atoms with E-state index in [1.807, 2.05) is 6.07 Å². The van der Waals surface area contributed by atoms with E-state index in [1.165, 1.54) is 23.1 Å². The van der Waals surface area contributed by atoms with Crippen molar-refractivity contribution in [3.05, 3.63) is 76.0 Å². The first-order chi connectivity index (χ1) is 14.0. The summed E-state index contributed by atoms with van der Waals surface area (Å²) in [5.41, 5.74) is 0.996. The van der Waals surface area contributed by atoms with Gasteiger partial charge in [-0.05, 0) is 54.7 Å². The Bertz CT molecular complexity index is 1090. The van der Waals surface area contributed by atoms with Crippen molar-refractivity contribution >= 4 is 16.9 Å². The van der Waals surface area contributed by atoms with Crippen molar-refractivity contribution in [1.82, 2.24) is 14.9 Å². The maximum atomic E-state index is 13.2. The summed E-state index contributed by atoms with van der Waals surface area (Å²) in [6.07, 6.45) is 5.91. The second kappa shape index (κ2) is 8.15. The fourth-order valence-electron chi connectivity index (χ4n) is 4.06. The number of carbonyl (C=O) groups is 1. The second-order valence-electron chi connectivity index (χ2n) is 7.83. The number of carbonyl (C=O) groups excluding carboxylic acids is 1. The van der Waals surface area contributed by atoms with E-state index < -0.39 is 0 Å². The molecule has 1 aliphatic rings. The molecule has 5 nitrogen and oxygen atoms in total. The molecule has 0 radical (unpaired) electrons. The molecule has 1 saturated carbocycles. The van der Waals surface area contributed by atoms with Gasteiger partial charge in [0.05, 0.1) is 6.54 Å². The molecule has 0 bridgehead atoms. The van der Waals surface area contributed by atoms with Gasteiger partial charge in [0.1, 0.15) is 17.0 Å². The van der Waals surface area contributed by atoms with Crippen LogP contribution in [0.3, 0.4) is 0 Å². The molecule has 29 heavy (non-hydrogen) atoms. The minimum atomic E-state index is -0.388. The molecule has 0 saturated heterocycles. The average Bonchev–Trinajstić information content (AvgIpc) is 2.73. The van der Waals surface area contributed by atoms with Gasteiger partial charge in [-0.15, -0.1) is 0 Å². The Morgan fingerprint density at radius 3 is 2.72 bits per heavy atom. The molecule has 150 valence electrons. The highest BCUT2D eigenvalue weighted by molar-refractivity contribution is 5.97. The minimum Gasteiger partial charge on any atom is -0.349 e. The van der Waals surface area contributed by atoms with Crippen molar-refractivity contribution in [3.8, 4) is 0 Å². The number of hydrogen-bond acceptors (Lipinski definition) is 3. The second-order valence-corrected chi connectivity index (χ2v) is 7.83. The van der Waals surface area contributed by atoms with Crippen LogP contribution < -0.4 is 10.9 Å². The molecule has 1 fully saturated rings. The summed E-state index contributed by atoms with van der Waals surface area (Å²) < 4.78 is 14.7. The van der Waals surface area contributed by atoms with Crippen molar-refractivity contribution in [3.63, 3.8) is 0 Å². The van der Waals surface area contributed by atoms with Crippen LogP contribution in [0.25, 0.3) is 11.0 Å². The number of amides is 1. The fraction of sp³-hybridized carbons (Fsp3) is 0.348. The van der Waals surface area contributed by atoms with Gasteiger partial charge in [0, 0.05) is 17.6 Å². The van der Waals surface area contributed by atoms with Crippen molar-refractivity contribution in [1.29, 1.82) is 0 Å². The number of pyridine rings is 2. The van der Waals surface area contributed by atoms with Crippen LogP contribution in [0.5, 0.6) is 0 Å². The van der Waals surface area contributed by atoms with Crippen LogP contribution in [-0.4, -0.2) is 21.5 Å². The number of aromatic nitrogens is 2. The zero-order valence-corrected chi connectivity index (χ0v) is 16.4. The molecule has 2 heterocycles. The monoisotopic (exact) mass is 393 g/mol. The number of halogens is 1. The van der Waals surface area contributed by atoms with Crippen LogP contribution in [0.4, 0.5) is 4.39 Å². The number of rotatable bonds is 4. The third-order valence-electron chi connectivity index (χ3n) is 5.77. The summed E-state index contributed by atoms with van der Waals surface area (Å²) in [4.78, 5) is 30.5. The van der Waals surface area contributed by atoms with E-state index >= 15 is 0 Å². The van der Waals surface area contributed by atoms with Gasteiger partial charge in [0.25, 0.3) is 11.5 Å². The van der Waals surface area contributed by atoms with Gasteiger partial charge in [-0.3, -0.25) is 14.2 Å². The van der Waals surface area contributed by atoms with E-state index in [-0.39, 0.29) is 35.4 Å². The Labute approximate surface area is 168 Å². The summed E-state index contributed by atoms with van der Waals surface area (Å²) in [7, 11) is 0. The maximum absolute atomic E-state index is 13.2. The van der Waals surface area contributed by atoms with Crippen LogP contribution >= 0.6 is 0 Å². The van der Waals surface area contributed by atoms with E-state index in [0.717, 1.165) is 30.2 Å². The zero-order chi connectivity index (χ0) is 20.4. The van der Waals surface area contributed by atoms with Crippen molar-refractivity contribution in [2.24, 2.45) is 5.92 Å². The lowest BCUT2D eigenvalue weighted by Crippen LogP contribution is -2.43. The quantitative estimate of drug-likeness (QED) is 0.731. The highest BCUT2D eigenvalue weighted by atomic mass is 19.1. The Kier molecular flexibility index (Phi) is 5.43. The first-order valence-corrected chi connectivity index (χ1v) is 10.1. The fourth-order valence-corrected chi connectivity index (χ4v) is 4.06. The summed E-state index contributed by atoms with van der Waals surface area (Å²) in [5.74, 6) is -0.276. The summed E-state index contributed by atoms with van der Waals surface area (Å²) in [6.45, 7) is 2.36. The van der Waals surface area contributed by atoms with Crippen LogP contribution in [0, 0.1) is 11.7 Å². The SMILES string of the molecule is C[C@H]1CCCC[C@H]1NC(=O)c1cc2cccnc2n(Cc2ccc(F)cc2)c1=O. The normalized spacial score (nSPS) is 19.2. The van der Waals surface area contributed by atoms with Crippen molar-refractivity contribution in [2.45, 2.75) is 45.2 Å². The highest BCUT2D eigenvalue weighted by Crippen LogP contribution is 2.24. The molecule has 0 aliphatic heterocycles. The third kappa shape index (κ3) is 4.06. The lowest BCUT2D eigenvalue weighted by atomic mass is 9.86. The smallest absolute Gasteiger partial charge is 0.265 e. The Morgan fingerprint density at radius 1 is 1.21 bits per heavy atom. The Balaban J connectivity index is 1.72. The van der Waals surface area contributed by atoms with Crippen molar-refractivity contribution in [2.75, 3.05) is 0 Å². The average molecular weight is 393 g/mol. The largest absolute Gasteiger partial charge is 0.349 e. The topological polar surface area (TPSA) is 64.0 Å². The van der Waals surface area contributed by atoms with Crippen LogP contribution in [0.1, 0.15) is 48.5 Å². The summed E-state index contributed by atoms with van der Waals surface area (Å²) in [5, 5.41) is 3.79. The number of nitrogens with one attached hydrogen (secondary N) is 1. The number of nitrogens with zero attached hydrogens (tertiary/aromatic N) is 2. The number of fused-ring (bicyclic) bond motifs is 1. The van der Waals surface area contributed by atoms with Gasteiger partial charge in [0.15, 0.2) is 0 Å². The number of hydrogen-bond donors (Lipinski definition) is 1. The molecule has 1 aromatic carbocycles. The van der Waals surface area contributed by atoms with Gasteiger partial charge in [-0.2, -0.15) is 0 Å². The lowest BCUT2D eigenvalue weighted by molar-refractivity contribution is 0.0908. The lowest BCUT2D eigenvalue weighted by Gasteiger charge is -2.29. The molecule has 1 aliphatic carbocycles.